The number of methoxy groups -OCH3 is 1. The number of hydrogen-bond acceptors (Lipinski definition) is 4. The molecule has 0 atom stereocenters. The Labute approximate surface area is 181 Å². The van der Waals surface area contributed by atoms with Gasteiger partial charge >= 0.3 is 0 Å². The first kappa shape index (κ1) is 21.7. The average Bonchev–Trinajstić information content (AvgIpc) is 2.75. The second kappa shape index (κ2) is 9.19. The highest BCUT2D eigenvalue weighted by molar-refractivity contribution is 7.92. The van der Waals surface area contributed by atoms with Crippen LogP contribution in [0, 0.1) is 0 Å². The lowest BCUT2D eigenvalue weighted by Gasteiger charge is -2.20. The van der Waals surface area contributed by atoms with E-state index in [1.165, 1.54) is 35.2 Å². The highest BCUT2D eigenvalue weighted by Gasteiger charge is 2.19. The van der Waals surface area contributed by atoms with Crippen LogP contribution in [-0.4, -0.2) is 33.4 Å². The third kappa shape index (κ3) is 4.93. The van der Waals surface area contributed by atoms with E-state index in [4.69, 9.17) is 16.3 Å². The summed E-state index contributed by atoms with van der Waals surface area (Å²) in [5.74, 6) is 0.333. The van der Waals surface area contributed by atoms with Crippen molar-refractivity contribution in [1.29, 1.82) is 0 Å². The molecule has 3 aromatic carbocycles. The summed E-state index contributed by atoms with van der Waals surface area (Å²) in [5.41, 5.74) is 1.28. The van der Waals surface area contributed by atoms with Crippen LogP contribution in [0.2, 0.25) is 5.02 Å². The van der Waals surface area contributed by atoms with E-state index in [1.54, 1.807) is 32.4 Å². The molecule has 0 aromatic heterocycles. The number of nitrogens with zero attached hydrogens (tertiary/aromatic N) is 1. The first-order valence-electron chi connectivity index (χ1n) is 9.06. The van der Waals surface area contributed by atoms with Gasteiger partial charge < -0.3 is 9.64 Å². The average molecular weight is 445 g/mol. The number of carbonyl (C=O) groups is 1. The number of nitrogens with one attached hydrogen (secondary N) is 1. The molecular weight excluding hydrogens is 424 g/mol. The van der Waals surface area contributed by atoms with Crippen LogP contribution in [-0.2, 0) is 16.6 Å². The van der Waals surface area contributed by atoms with Crippen LogP contribution in [0.25, 0.3) is 0 Å². The smallest absolute Gasteiger partial charge is 0.261 e. The summed E-state index contributed by atoms with van der Waals surface area (Å²) in [6.07, 6.45) is 0. The SMILES string of the molecule is COc1ccccc1CN(C)C(=O)c1cc(NS(=O)(=O)c2ccccc2)ccc1Cl. The van der Waals surface area contributed by atoms with Crippen molar-refractivity contribution in [2.24, 2.45) is 0 Å². The van der Waals surface area contributed by atoms with Crippen LogP contribution in [0.3, 0.4) is 0 Å². The number of hydrogen-bond donors (Lipinski definition) is 1. The van der Waals surface area contributed by atoms with Gasteiger partial charge in [-0.3, -0.25) is 9.52 Å². The lowest BCUT2D eigenvalue weighted by Crippen LogP contribution is -2.27. The summed E-state index contributed by atoms with van der Waals surface area (Å²) in [4.78, 5) is 14.6. The van der Waals surface area contributed by atoms with E-state index in [-0.39, 0.29) is 27.1 Å². The number of para-hydroxylation sites is 1. The Morgan fingerprint density at radius 1 is 1.03 bits per heavy atom. The minimum Gasteiger partial charge on any atom is -0.496 e. The van der Waals surface area contributed by atoms with Crippen molar-refractivity contribution in [1.82, 2.24) is 4.90 Å². The van der Waals surface area contributed by atoms with E-state index >= 15 is 0 Å². The van der Waals surface area contributed by atoms with Crippen LogP contribution >= 0.6 is 11.6 Å². The molecule has 1 N–H and O–H groups in total. The quantitative estimate of drug-likeness (QED) is 0.585. The van der Waals surface area contributed by atoms with Crippen molar-refractivity contribution in [2.75, 3.05) is 18.9 Å². The van der Waals surface area contributed by atoms with Crippen LogP contribution in [0.15, 0.2) is 77.7 Å². The second-order valence-corrected chi connectivity index (χ2v) is 8.68. The molecule has 0 fully saturated rings. The third-order valence-corrected chi connectivity index (χ3v) is 6.18. The van der Waals surface area contributed by atoms with Crippen LogP contribution < -0.4 is 9.46 Å². The molecule has 156 valence electrons. The van der Waals surface area contributed by atoms with Gasteiger partial charge in [-0.25, -0.2) is 8.42 Å². The van der Waals surface area contributed by atoms with Crippen LogP contribution in [0.1, 0.15) is 15.9 Å². The lowest BCUT2D eigenvalue weighted by atomic mass is 10.1. The molecule has 3 aromatic rings. The van der Waals surface area contributed by atoms with Gasteiger partial charge in [-0.1, -0.05) is 48.0 Å². The van der Waals surface area contributed by atoms with E-state index in [9.17, 15) is 13.2 Å². The van der Waals surface area contributed by atoms with Gasteiger partial charge in [0.25, 0.3) is 15.9 Å². The molecule has 3 rings (SSSR count). The molecule has 0 bridgehead atoms. The minimum atomic E-state index is -3.78. The molecule has 0 heterocycles. The van der Waals surface area contributed by atoms with Crippen molar-refractivity contribution < 1.29 is 17.9 Å². The predicted molar refractivity (Wildman–Crippen MR) is 117 cm³/mol. The van der Waals surface area contributed by atoms with Crippen molar-refractivity contribution in [3.05, 3.63) is 88.9 Å². The number of halogens is 1. The maximum absolute atomic E-state index is 13.0. The summed E-state index contributed by atoms with van der Waals surface area (Å²) in [6.45, 7) is 0.305. The molecule has 0 spiro atoms. The molecule has 0 aliphatic rings. The van der Waals surface area contributed by atoms with Gasteiger partial charge in [-0.15, -0.1) is 0 Å². The van der Waals surface area contributed by atoms with E-state index in [1.807, 2.05) is 24.3 Å². The summed E-state index contributed by atoms with van der Waals surface area (Å²) in [6, 6.07) is 19.8. The van der Waals surface area contributed by atoms with Crippen molar-refractivity contribution in [2.45, 2.75) is 11.4 Å². The summed E-state index contributed by atoms with van der Waals surface area (Å²) in [7, 11) is -0.567. The normalized spacial score (nSPS) is 11.0. The number of rotatable bonds is 7. The Balaban J connectivity index is 1.83. The highest BCUT2D eigenvalue weighted by atomic mass is 35.5. The lowest BCUT2D eigenvalue weighted by molar-refractivity contribution is 0.0784. The number of amides is 1. The van der Waals surface area contributed by atoms with Crippen LogP contribution in [0.4, 0.5) is 5.69 Å². The van der Waals surface area contributed by atoms with Gasteiger partial charge in [0.15, 0.2) is 0 Å². The molecule has 6 nitrogen and oxygen atoms in total. The standard InChI is InChI=1S/C22H21ClN2O4S/c1-25(15-16-8-6-7-11-21(16)29-2)22(26)19-14-17(12-13-20(19)23)24-30(27,28)18-9-4-3-5-10-18/h3-14,24H,15H2,1-2H3. The Morgan fingerprint density at radius 2 is 1.70 bits per heavy atom. The molecule has 8 heteroatoms. The van der Waals surface area contributed by atoms with Gasteiger partial charge in [-0.05, 0) is 36.4 Å². The fourth-order valence-corrected chi connectivity index (χ4v) is 4.20. The summed E-state index contributed by atoms with van der Waals surface area (Å²) in [5, 5.41) is 0.231. The number of benzene rings is 3. The van der Waals surface area contributed by atoms with Gasteiger partial charge in [0, 0.05) is 24.8 Å². The monoisotopic (exact) mass is 444 g/mol. The third-order valence-electron chi connectivity index (χ3n) is 4.45. The number of ether oxygens (including phenoxy) is 1. The topological polar surface area (TPSA) is 75.7 Å². The van der Waals surface area contributed by atoms with E-state index in [0.29, 0.717) is 12.3 Å². The van der Waals surface area contributed by atoms with Gasteiger partial charge in [0.2, 0.25) is 0 Å². The molecular formula is C22H21ClN2O4S. The van der Waals surface area contributed by atoms with Gasteiger partial charge in [0.1, 0.15) is 5.75 Å². The van der Waals surface area contributed by atoms with Crippen molar-refractivity contribution >= 4 is 33.2 Å². The fraction of sp³-hybridized carbons (Fsp3) is 0.136. The maximum atomic E-state index is 13.0. The van der Waals surface area contributed by atoms with Crippen LogP contribution in [0.5, 0.6) is 5.75 Å². The Kier molecular flexibility index (Phi) is 6.64. The molecule has 30 heavy (non-hydrogen) atoms. The van der Waals surface area contributed by atoms with Crippen molar-refractivity contribution in [3.63, 3.8) is 0 Å². The largest absolute Gasteiger partial charge is 0.496 e. The first-order chi connectivity index (χ1) is 14.3. The molecule has 0 aliphatic carbocycles. The van der Waals surface area contributed by atoms with Crippen molar-refractivity contribution in [3.8, 4) is 5.75 Å². The number of sulfonamides is 1. The Morgan fingerprint density at radius 3 is 2.40 bits per heavy atom. The fourth-order valence-electron chi connectivity index (χ4n) is 2.93. The molecule has 1 amide bonds. The number of anilines is 1. The molecule has 0 saturated carbocycles. The predicted octanol–water partition coefficient (Wildman–Crippen LogP) is 4.42. The molecule has 0 saturated heterocycles. The molecule has 0 radical (unpaired) electrons. The van der Waals surface area contributed by atoms with E-state index < -0.39 is 10.0 Å². The number of carbonyl (C=O) groups excluding carboxylic acids is 1. The van der Waals surface area contributed by atoms with E-state index in [0.717, 1.165) is 5.56 Å². The van der Waals surface area contributed by atoms with E-state index in [2.05, 4.69) is 4.72 Å². The zero-order valence-corrected chi connectivity index (χ0v) is 18.1. The molecule has 0 aliphatic heterocycles. The Hall–Kier alpha value is -3.03. The highest BCUT2D eigenvalue weighted by Crippen LogP contribution is 2.25. The zero-order valence-electron chi connectivity index (χ0n) is 16.5. The van der Waals surface area contributed by atoms with Gasteiger partial charge in [0.05, 0.1) is 22.6 Å². The second-order valence-electron chi connectivity index (χ2n) is 6.59. The van der Waals surface area contributed by atoms with Gasteiger partial charge in [-0.2, -0.15) is 0 Å². The zero-order chi connectivity index (χ0) is 21.7. The summed E-state index contributed by atoms with van der Waals surface area (Å²) >= 11 is 6.24. The first-order valence-corrected chi connectivity index (χ1v) is 10.9. The summed E-state index contributed by atoms with van der Waals surface area (Å²) < 4.78 is 32.9. The molecule has 0 unspecified atom stereocenters. The Bertz CT molecular complexity index is 1150. The minimum absolute atomic E-state index is 0.126. The maximum Gasteiger partial charge on any atom is 0.261 e.